The minimum absolute atomic E-state index is 0.228. The third-order valence-corrected chi connectivity index (χ3v) is 16.6. The number of aliphatic hydroxyl groups is 11. The summed E-state index contributed by atoms with van der Waals surface area (Å²) in [6.45, 7) is 2.18. The van der Waals surface area contributed by atoms with Gasteiger partial charge in [0.1, 0.15) is 67.1 Å². The third-order valence-electron chi connectivity index (χ3n) is 16.6. The quantitative estimate of drug-likeness (QED) is 0.0386. The lowest BCUT2D eigenvalue weighted by atomic mass is 9.88. The second-order valence-corrected chi connectivity index (χ2v) is 23.6. The van der Waals surface area contributed by atoms with E-state index in [0.717, 1.165) is 51.9 Å². The molecule has 18 atom stereocenters. The summed E-state index contributed by atoms with van der Waals surface area (Å²) in [5.41, 5.74) is 0. The summed E-state index contributed by atoms with van der Waals surface area (Å²) in [4.78, 5) is 38.4. The first kappa shape index (κ1) is 75.0. The molecule has 23 heteroatoms. The largest absolute Gasteiger partial charge is 0.477 e. The second-order valence-electron chi connectivity index (χ2n) is 23.6. The number of aliphatic hydroxyl groups excluding tert-OH is 11. The maximum atomic E-state index is 13.4. The molecule has 3 fully saturated rings. The zero-order valence-electron chi connectivity index (χ0n) is 50.3. The Bertz CT molecular complexity index is 1710. The molecular weight excluding hydrogens is 1080 g/mol. The molecule has 0 bridgehead atoms. The molecule has 0 aromatic heterocycles. The number of nitrogens with one attached hydrogen (secondary N) is 2. The third kappa shape index (κ3) is 26.5. The first-order valence-electron chi connectivity index (χ1n) is 31.9. The molecule has 18 unspecified atom stereocenters. The van der Waals surface area contributed by atoms with Crippen LogP contribution in [0.3, 0.4) is 0 Å². The van der Waals surface area contributed by atoms with Gasteiger partial charge in [-0.05, 0) is 12.8 Å². The van der Waals surface area contributed by atoms with Gasteiger partial charge in [0.05, 0.1) is 50.7 Å². The van der Waals surface area contributed by atoms with Crippen molar-refractivity contribution in [2.24, 2.45) is 0 Å². The Morgan fingerprint density at radius 2 is 1.05 bits per heavy atom. The van der Waals surface area contributed by atoms with Crippen molar-refractivity contribution in [1.29, 1.82) is 0 Å². The number of hydrogen-bond donors (Lipinski definition) is 14. The summed E-state index contributed by atoms with van der Waals surface area (Å²) in [5, 5.41) is 136. The molecule has 3 heterocycles. The van der Waals surface area contributed by atoms with Crippen LogP contribution < -0.4 is 10.6 Å². The molecule has 3 aliphatic heterocycles. The van der Waals surface area contributed by atoms with Crippen molar-refractivity contribution in [3.63, 3.8) is 0 Å². The Labute approximate surface area is 493 Å². The van der Waals surface area contributed by atoms with Gasteiger partial charge in [0.25, 0.3) is 5.79 Å². The number of carbonyl (C=O) groups excluding carboxylic acids is 2. The smallest absolute Gasteiger partial charge is 0.364 e. The Morgan fingerprint density at radius 3 is 1.51 bits per heavy atom. The predicted octanol–water partition coefficient (Wildman–Crippen LogP) is 3.78. The zero-order valence-corrected chi connectivity index (χ0v) is 50.3. The van der Waals surface area contributed by atoms with Gasteiger partial charge in [-0.2, -0.15) is 0 Å². The van der Waals surface area contributed by atoms with Gasteiger partial charge in [0.15, 0.2) is 12.6 Å². The van der Waals surface area contributed by atoms with Crippen molar-refractivity contribution in [3.8, 4) is 0 Å². The second kappa shape index (κ2) is 42.6. The molecule has 0 spiro atoms. The van der Waals surface area contributed by atoms with Gasteiger partial charge < -0.3 is 100 Å². The molecule has 3 rings (SSSR count). The Hall–Kier alpha value is -2.27. The van der Waals surface area contributed by atoms with E-state index in [1.54, 1.807) is 0 Å². The fourth-order valence-electron chi connectivity index (χ4n) is 11.4. The van der Waals surface area contributed by atoms with Crippen LogP contribution in [0.2, 0.25) is 0 Å². The molecule has 14 N–H and O–H groups in total. The molecule has 0 aromatic rings. The highest BCUT2D eigenvalue weighted by atomic mass is 16.8. The van der Waals surface area contributed by atoms with Crippen molar-refractivity contribution in [3.05, 3.63) is 0 Å². The molecule has 0 aromatic carbocycles. The number of unbranched alkanes of at least 4 members (excludes halogenated alkanes) is 27. The van der Waals surface area contributed by atoms with E-state index in [2.05, 4.69) is 24.5 Å². The van der Waals surface area contributed by atoms with Crippen LogP contribution in [0.1, 0.15) is 226 Å². The number of ether oxygens (including phenoxy) is 6. The standard InChI is InChI=1S/C60H112N2O21/c1-4-6-8-10-12-14-16-18-19-20-21-22-24-26-28-30-32-34-47(70)62-41(42(67)33-31-29-27-25-23-17-15-13-11-9-7-5-2)39-78-57-52(74)51(73)54(46(38-65)80-57)81-58-53(75)56(50(72)45(37-64)79-58)83-60(59(76)77)35-43(68)48(61-40(3)66)55(82-60)49(71)44(69)36-63/h41-46,48-58,63-65,67-69,71-75H,4-39H2,1-3H3,(H,61,66)(H,62,70)(H,76,77). The summed E-state index contributed by atoms with van der Waals surface area (Å²) < 4.78 is 34.8. The summed E-state index contributed by atoms with van der Waals surface area (Å²) in [6, 6.07) is -2.52. The van der Waals surface area contributed by atoms with Crippen molar-refractivity contribution < 1.29 is 104 Å². The van der Waals surface area contributed by atoms with Crippen LogP contribution in [0.15, 0.2) is 0 Å². The molecule has 488 valence electrons. The summed E-state index contributed by atoms with van der Waals surface area (Å²) in [7, 11) is 0. The van der Waals surface area contributed by atoms with Crippen LogP contribution in [0, 0.1) is 0 Å². The highest BCUT2D eigenvalue weighted by Crippen LogP contribution is 2.38. The van der Waals surface area contributed by atoms with Crippen LogP contribution in [0.25, 0.3) is 0 Å². The summed E-state index contributed by atoms with van der Waals surface area (Å²) in [5.74, 6) is -6.09. The molecule has 3 saturated heterocycles. The van der Waals surface area contributed by atoms with Crippen molar-refractivity contribution >= 4 is 17.8 Å². The Morgan fingerprint density at radius 1 is 0.578 bits per heavy atom. The molecule has 0 saturated carbocycles. The summed E-state index contributed by atoms with van der Waals surface area (Å²) >= 11 is 0. The van der Waals surface area contributed by atoms with Crippen LogP contribution in [0.5, 0.6) is 0 Å². The molecule has 23 nitrogen and oxygen atoms in total. The minimum atomic E-state index is -3.07. The number of carbonyl (C=O) groups is 3. The van der Waals surface area contributed by atoms with Crippen molar-refractivity contribution in [1.82, 2.24) is 10.6 Å². The molecule has 0 radical (unpaired) electrons. The maximum absolute atomic E-state index is 13.4. The topological polar surface area (TPSA) is 373 Å². The molecule has 2 amide bonds. The summed E-state index contributed by atoms with van der Waals surface area (Å²) in [6.07, 6.45) is 5.52. The van der Waals surface area contributed by atoms with E-state index in [1.807, 2.05) is 0 Å². The molecular formula is C60H112N2O21. The number of rotatable bonds is 47. The molecule has 0 aliphatic carbocycles. The lowest BCUT2D eigenvalue weighted by Crippen LogP contribution is -2.70. The SMILES string of the molecule is CCCCCCCCCCCCCCCCCCCC(=O)NC(COC1OC(CO)C(OC2OC(CO)C(O)C(OC3(C(=O)O)CC(O)C(NC(C)=O)C(C(O)C(O)CO)O3)C2O)C(O)C1O)C(O)CCCCCCCCCCCCCC. The average Bonchev–Trinajstić information content (AvgIpc) is 3.62. The van der Waals surface area contributed by atoms with Gasteiger partial charge in [0, 0.05) is 19.8 Å². The van der Waals surface area contributed by atoms with Crippen molar-refractivity contribution in [2.75, 3.05) is 26.4 Å². The number of carboxylic acids is 1. The average molecular weight is 1200 g/mol. The van der Waals surface area contributed by atoms with E-state index in [9.17, 15) is 75.7 Å². The zero-order chi connectivity index (χ0) is 61.2. The van der Waals surface area contributed by atoms with E-state index in [4.69, 9.17) is 28.4 Å². The van der Waals surface area contributed by atoms with Gasteiger partial charge in [0.2, 0.25) is 11.8 Å². The first-order chi connectivity index (χ1) is 39.9. The minimum Gasteiger partial charge on any atom is -0.477 e. The van der Waals surface area contributed by atoms with Crippen molar-refractivity contribution in [2.45, 2.75) is 336 Å². The fourth-order valence-corrected chi connectivity index (χ4v) is 11.4. The lowest BCUT2D eigenvalue weighted by Gasteiger charge is -2.50. The number of carboxylic acid groups (broad SMARTS) is 1. The van der Waals surface area contributed by atoms with Crippen LogP contribution in [-0.2, 0) is 42.8 Å². The number of aliphatic carboxylic acids is 1. The van der Waals surface area contributed by atoms with E-state index < -0.39 is 148 Å². The van der Waals surface area contributed by atoms with E-state index in [1.165, 1.54) is 128 Å². The highest BCUT2D eigenvalue weighted by molar-refractivity contribution is 5.77. The fraction of sp³-hybridized carbons (Fsp3) is 0.950. The number of hydrogen-bond acceptors (Lipinski definition) is 20. The normalized spacial score (nSPS) is 29.9. The van der Waals surface area contributed by atoms with Gasteiger partial charge in [-0.25, -0.2) is 4.79 Å². The van der Waals surface area contributed by atoms with E-state index >= 15 is 0 Å². The molecule has 83 heavy (non-hydrogen) atoms. The van der Waals surface area contributed by atoms with Crippen LogP contribution in [-0.4, -0.2) is 215 Å². The van der Waals surface area contributed by atoms with Crippen LogP contribution in [0.4, 0.5) is 0 Å². The Balaban J connectivity index is 1.63. The molecule has 3 aliphatic rings. The van der Waals surface area contributed by atoms with Gasteiger partial charge >= 0.3 is 5.97 Å². The van der Waals surface area contributed by atoms with E-state index in [-0.39, 0.29) is 18.9 Å². The van der Waals surface area contributed by atoms with Gasteiger partial charge in [-0.15, -0.1) is 0 Å². The van der Waals surface area contributed by atoms with Gasteiger partial charge in [-0.3, -0.25) is 9.59 Å². The first-order valence-corrected chi connectivity index (χ1v) is 31.9. The maximum Gasteiger partial charge on any atom is 0.364 e. The van der Waals surface area contributed by atoms with Gasteiger partial charge in [-0.1, -0.05) is 194 Å². The van der Waals surface area contributed by atoms with E-state index in [0.29, 0.717) is 19.3 Å². The highest BCUT2D eigenvalue weighted by Gasteiger charge is 2.60. The predicted molar refractivity (Wildman–Crippen MR) is 306 cm³/mol. The Kier molecular flexibility index (Phi) is 38.5. The number of amides is 2. The lowest BCUT2D eigenvalue weighted by molar-refractivity contribution is -0.386. The van der Waals surface area contributed by atoms with Crippen LogP contribution >= 0.6 is 0 Å². The monoisotopic (exact) mass is 1200 g/mol.